The van der Waals surface area contributed by atoms with Crippen molar-refractivity contribution >= 4 is 29.2 Å². The van der Waals surface area contributed by atoms with Crippen LogP contribution in [0.25, 0.3) is 0 Å². The molecule has 0 bridgehead atoms. The predicted octanol–water partition coefficient (Wildman–Crippen LogP) is 1.88. The molecule has 0 aliphatic carbocycles. The van der Waals surface area contributed by atoms with E-state index in [1.165, 1.54) is 20.3 Å². The number of ether oxygens (including phenoxy) is 2. The van der Waals surface area contributed by atoms with Gasteiger partial charge in [-0.2, -0.15) is 0 Å². The lowest BCUT2D eigenvalue weighted by Crippen LogP contribution is -2.34. The summed E-state index contributed by atoms with van der Waals surface area (Å²) in [4.78, 5) is 34.5. The van der Waals surface area contributed by atoms with Crippen LogP contribution in [0.3, 0.4) is 0 Å². The van der Waals surface area contributed by atoms with Gasteiger partial charge in [-0.25, -0.2) is 0 Å². The van der Waals surface area contributed by atoms with E-state index in [4.69, 9.17) is 21.1 Å². The number of nitro groups is 1. The first-order valence-electron chi connectivity index (χ1n) is 7.93. The highest BCUT2D eigenvalue weighted by molar-refractivity contribution is 6.30. The maximum Gasteiger partial charge on any atom is 0.286 e. The lowest BCUT2D eigenvalue weighted by Gasteiger charge is -2.20. The third kappa shape index (κ3) is 4.89. The van der Waals surface area contributed by atoms with Crippen LogP contribution in [0.15, 0.2) is 36.4 Å². The molecule has 0 aliphatic heterocycles. The molecule has 0 fully saturated rings. The molecule has 148 valence electrons. The SMILES string of the molecule is COc1cc(C(=O)N[C@H](CC(=O)[O-])c2cccc(Cl)c2)c([N+](=O)[O-])cc1OC. The van der Waals surface area contributed by atoms with E-state index in [0.29, 0.717) is 10.6 Å². The number of hydrogen-bond donors (Lipinski definition) is 1. The first kappa shape index (κ1) is 21.0. The Hall–Kier alpha value is -3.33. The van der Waals surface area contributed by atoms with Crippen LogP contribution >= 0.6 is 11.6 Å². The molecule has 0 heterocycles. The number of benzene rings is 2. The second-order valence-corrected chi connectivity index (χ2v) is 6.08. The molecule has 2 aromatic carbocycles. The van der Waals surface area contributed by atoms with E-state index in [1.54, 1.807) is 18.2 Å². The largest absolute Gasteiger partial charge is 0.550 e. The van der Waals surface area contributed by atoms with Gasteiger partial charge in [-0.3, -0.25) is 14.9 Å². The number of nitrogens with zero attached hydrogens (tertiary/aromatic N) is 1. The van der Waals surface area contributed by atoms with E-state index in [2.05, 4.69) is 5.32 Å². The zero-order chi connectivity index (χ0) is 20.8. The summed E-state index contributed by atoms with van der Waals surface area (Å²) in [6.07, 6.45) is -0.548. The van der Waals surface area contributed by atoms with Gasteiger partial charge in [0.15, 0.2) is 11.5 Å². The molecule has 2 aromatic rings. The minimum atomic E-state index is -1.41. The minimum Gasteiger partial charge on any atom is -0.550 e. The molecule has 1 atom stereocenters. The quantitative estimate of drug-likeness (QED) is 0.522. The van der Waals surface area contributed by atoms with Crippen LogP contribution in [0.5, 0.6) is 11.5 Å². The van der Waals surface area contributed by atoms with E-state index in [9.17, 15) is 24.8 Å². The molecule has 0 aromatic heterocycles. The Morgan fingerprint density at radius 1 is 1.18 bits per heavy atom. The Morgan fingerprint density at radius 2 is 1.82 bits per heavy atom. The van der Waals surface area contributed by atoms with Crippen molar-refractivity contribution < 1.29 is 29.1 Å². The number of carboxylic acids is 1. The van der Waals surface area contributed by atoms with Gasteiger partial charge in [-0.15, -0.1) is 0 Å². The maximum absolute atomic E-state index is 12.7. The van der Waals surface area contributed by atoms with Crippen LogP contribution in [-0.2, 0) is 4.79 Å². The van der Waals surface area contributed by atoms with Crippen molar-refractivity contribution in [3.8, 4) is 11.5 Å². The summed E-state index contributed by atoms with van der Waals surface area (Å²) in [5, 5.41) is 25.3. The number of halogens is 1. The molecule has 0 spiro atoms. The fourth-order valence-corrected chi connectivity index (χ4v) is 2.78. The lowest BCUT2D eigenvalue weighted by atomic mass is 10.0. The highest BCUT2D eigenvalue weighted by Gasteiger charge is 2.26. The van der Waals surface area contributed by atoms with E-state index < -0.39 is 34.9 Å². The standard InChI is InChI=1S/C18H17ClN2O7/c1-27-15-7-12(14(21(25)26)9-16(15)28-2)18(24)20-13(8-17(22)23)10-4-3-5-11(19)6-10/h3-7,9,13H,8H2,1-2H3,(H,20,24)(H,22,23)/p-1/t13-/m1/s1. The zero-order valence-corrected chi connectivity index (χ0v) is 15.7. The van der Waals surface area contributed by atoms with Crippen LogP contribution in [0.2, 0.25) is 5.02 Å². The van der Waals surface area contributed by atoms with E-state index in [-0.39, 0.29) is 17.1 Å². The number of aliphatic carboxylic acids is 1. The van der Waals surface area contributed by atoms with Gasteiger partial charge in [0.1, 0.15) is 5.56 Å². The van der Waals surface area contributed by atoms with Crippen molar-refractivity contribution in [2.24, 2.45) is 0 Å². The van der Waals surface area contributed by atoms with Gasteiger partial charge >= 0.3 is 0 Å². The third-order valence-corrected chi connectivity index (χ3v) is 4.11. The average Bonchev–Trinajstić information content (AvgIpc) is 2.65. The molecule has 0 radical (unpaired) electrons. The maximum atomic E-state index is 12.7. The number of carbonyl (C=O) groups is 2. The van der Waals surface area contributed by atoms with Crippen LogP contribution in [-0.4, -0.2) is 31.0 Å². The number of rotatable bonds is 8. The van der Waals surface area contributed by atoms with Crippen LogP contribution in [0, 0.1) is 10.1 Å². The topological polar surface area (TPSA) is 131 Å². The summed E-state index contributed by atoms with van der Waals surface area (Å²) in [5.74, 6) is -2.09. The number of nitro benzene ring substituents is 1. The van der Waals surface area contributed by atoms with E-state index >= 15 is 0 Å². The van der Waals surface area contributed by atoms with Gasteiger partial charge in [0.05, 0.1) is 31.3 Å². The van der Waals surface area contributed by atoms with Gasteiger partial charge < -0.3 is 24.7 Å². The molecular weight excluding hydrogens is 392 g/mol. The number of methoxy groups -OCH3 is 2. The molecule has 0 aliphatic rings. The predicted molar refractivity (Wildman–Crippen MR) is 97.5 cm³/mol. The number of hydrogen-bond acceptors (Lipinski definition) is 7. The molecule has 1 amide bonds. The highest BCUT2D eigenvalue weighted by atomic mass is 35.5. The fraction of sp³-hybridized carbons (Fsp3) is 0.222. The molecule has 2 rings (SSSR count). The number of carboxylic acid groups (broad SMARTS) is 1. The number of amides is 1. The molecule has 28 heavy (non-hydrogen) atoms. The molecule has 10 heteroatoms. The summed E-state index contributed by atoms with van der Waals surface area (Å²) in [7, 11) is 2.62. The monoisotopic (exact) mass is 407 g/mol. The fourth-order valence-electron chi connectivity index (χ4n) is 2.58. The summed E-state index contributed by atoms with van der Waals surface area (Å²) in [5.41, 5.74) is -0.422. The van der Waals surface area contributed by atoms with Crippen LogP contribution in [0.1, 0.15) is 28.4 Å². The summed E-state index contributed by atoms with van der Waals surface area (Å²) >= 11 is 5.92. The summed E-state index contributed by atoms with van der Waals surface area (Å²) in [6, 6.07) is 7.43. The second kappa shape index (κ2) is 9.05. The molecule has 9 nitrogen and oxygen atoms in total. The van der Waals surface area contributed by atoms with Gasteiger partial charge in [-0.1, -0.05) is 23.7 Å². The van der Waals surface area contributed by atoms with Crippen LogP contribution < -0.4 is 19.9 Å². The molecular formula is C18H16ClN2O7-. The van der Waals surface area contributed by atoms with Crippen LogP contribution in [0.4, 0.5) is 5.69 Å². The van der Waals surface area contributed by atoms with Gasteiger partial charge in [0, 0.05) is 23.5 Å². The molecule has 0 unspecified atom stereocenters. The van der Waals surface area contributed by atoms with E-state index in [1.807, 2.05) is 0 Å². The van der Waals surface area contributed by atoms with Crippen molar-refractivity contribution in [3.05, 3.63) is 62.7 Å². The van der Waals surface area contributed by atoms with Gasteiger partial charge in [-0.05, 0) is 17.7 Å². The average molecular weight is 408 g/mol. The van der Waals surface area contributed by atoms with Crippen molar-refractivity contribution in [1.82, 2.24) is 5.32 Å². The Labute approximate surface area is 165 Å². The number of nitrogens with one attached hydrogen (secondary N) is 1. The Kier molecular flexibility index (Phi) is 6.78. The van der Waals surface area contributed by atoms with E-state index in [0.717, 1.165) is 12.1 Å². The second-order valence-electron chi connectivity index (χ2n) is 5.64. The Bertz CT molecular complexity index is 917. The minimum absolute atomic E-state index is 0.0758. The first-order valence-corrected chi connectivity index (χ1v) is 8.31. The summed E-state index contributed by atoms with van der Waals surface area (Å²) in [6.45, 7) is 0. The smallest absolute Gasteiger partial charge is 0.286 e. The molecule has 0 saturated heterocycles. The lowest BCUT2D eigenvalue weighted by molar-refractivity contribution is -0.385. The van der Waals surface area contributed by atoms with Gasteiger partial charge in [0.25, 0.3) is 11.6 Å². The van der Waals surface area contributed by atoms with Crippen molar-refractivity contribution in [2.45, 2.75) is 12.5 Å². The Morgan fingerprint density at radius 3 is 2.36 bits per heavy atom. The third-order valence-electron chi connectivity index (χ3n) is 3.87. The molecule has 0 saturated carbocycles. The normalized spacial score (nSPS) is 11.4. The Balaban J connectivity index is 2.45. The highest BCUT2D eigenvalue weighted by Crippen LogP contribution is 2.35. The first-order chi connectivity index (χ1) is 13.3. The van der Waals surface area contributed by atoms with Crippen molar-refractivity contribution in [3.63, 3.8) is 0 Å². The van der Waals surface area contributed by atoms with Gasteiger partial charge in [0.2, 0.25) is 0 Å². The molecule has 1 N–H and O–H groups in total. The van der Waals surface area contributed by atoms with Crippen molar-refractivity contribution in [1.29, 1.82) is 0 Å². The van der Waals surface area contributed by atoms with Crippen molar-refractivity contribution in [2.75, 3.05) is 14.2 Å². The number of carbonyl (C=O) groups excluding carboxylic acids is 2. The summed E-state index contributed by atoms with van der Waals surface area (Å²) < 4.78 is 10.1. The zero-order valence-electron chi connectivity index (χ0n) is 14.9.